The number of benzene rings is 1. The minimum atomic E-state index is -0.992. The van der Waals surface area contributed by atoms with E-state index in [1.165, 1.54) is 6.20 Å². The third-order valence-corrected chi connectivity index (χ3v) is 3.02. The highest BCUT2D eigenvalue weighted by molar-refractivity contribution is 5.96. The van der Waals surface area contributed by atoms with Crippen LogP contribution in [0.1, 0.15) is 15.9 Å². The molecule has 0 saturated carbocycles. The van der Waals surface area contributed by atoms with Crippen LogP contribution in [-0.4, -0.2) is 26.3 Å². The van der Waals surface area contributed by atoms with Gasteiger partial charge >= 0.3 is 5.97 Å². The highest BCUT2D eigenvalue weighted by Crippen LogP contribution is 2.26. The minimum Gasteiger partial charge on any atom is -0.478 e. The van der Waals surface area contributed by atoms with E-state index in [-0.39, 0.29) is 5.56 Å². The van der Waals surface area contributed by atoms with Crippen molar-refractivity contribution < 1.29 is 9.90 Å². The number of aromatic nitrogens is 3. The molecule has 0 bridgehead atoms. The Morgan fingerprint density at radius 3 is 2.94 bits per heavy atom. The third kappa shape index (κ3) is 1.48. The highest BCUT2D eigenvalue weighted by atomic mass is 16.4. The first kappa shape index (κ1) is 10.6. The summed E-state index contributed by atoms with van der Waals surface area (Å²) in [4.78, 5) is 14.3. The largest absolute Gasteiger partial charge is 0.478 e. The Morgan fingerprint density at radius 2 is 2.22 bits per heavy atom. The monoisotopic (exact) mass is 241 g/mol. The quantitative estimate of drug-likeness (QED) is 0.644. The first-order valence-corrected chi connectivity index (χ1v) is 5.52. The summed E-state index contributed by atoms with van der Waals surface area (Å²) in [5.74, 6) is -0.992. The van der Waals surface area contributed by atoms with E-state index in [9.17, 15) is 4.79 Å². The van der Waals surface area contributed by atoms with Gasteiger partial charge in [0.15, 0.2) is 0 Å². The number of aromatic carboxylic acids is 1. The average Bonchev–Trinajstić information content (AvgIpc) is 2.95. The molecule has 3 aromatic rings. The molecule has 0 saturated heterocycles. The fraction of sp³-hybridized carbons (Fsp3) is 0.0769. The fourth-order valence-corrected chi connectivity index (χ4v) is 2.10. The molecule has 1 aromatic carbocycles. The van der Waals surface area contributed by atoms with E-state index in [0.29, 0.717) is 5.69 Å². The van der Waals surface area contributed by atoms with Gasteiger partial charge in [-0.2, -0.15) is 5.10 Å². The summed E-state index contributed by atoms with van der Waals surface area (Å²) < 4.78 is 0. The van der Waals surface area contributed by atoms with Crippen molar-refractivity contribution >= 4 is 16.9 Å². The SMILES string of the molecule is Cc1cccc2[nH]c(-c3[nH]ncc3C(=O)O)cc12. The molecule has 0 aliphatic carbocycles. The second-order valence-electron chi connectivity index (χ2n) is 4.18. The number of carboxylic acids is 1. The van der Waals surface area contributed by atoms with Crippen LogP contribution in [0.4, 0.5) is 0 Å². The van der Waals surface area contributed by atoms with Crippen LogP contribution in [0.3, 0.4) is 0 Å². The van der Waals surface area contributed by atoms with Crippen molar-refractivity contribution in [1.82, 2.24) is 15.2 Å². The molecule has 2 aromatic heterocycles. The van der Waals surface area contributed by atoms with Crippen LogP contribution in [0.5, 0.6) is 0 Å². The molecule has 2 heterocycles. The van der Waals surface area contributed by atoms with Gasteiger partial charge < -0.3 is 10.1 Å². The summed E-state index contributed by atoms with van der Waals surface area (Å²) in [7, 11) is 0. The molecular formula is C13H11N3O2. The van der Waals surface area contributed by atoms with Crippen LogP contribution < -0.4 is 0 Å². The van der Waals surface area contributed by atoms with Crippen molar-refractivity contribution in [3.8, 4) is 11.4 Å². The van der Waals surface area contributed by atoms with Gasteiger partial charge in [-0.05, 0) is 24.6 Å². The molecule has 18 heavy (non-hydrogen) atoms. The maximum atomic E-state index is 11.1. The maximum Gasteiger partial charge on any atom is 0.339 e. The van der Waals surface area contributed by atoms with Gasteiger partial charge in [0.1, 0.15) is 5.56 Å². The van der Waals surface area contributed by atoms with Crippen LogP contribution in [0, 0.1) is 6.92 Å². The minimum absolute atomic E-state index is 0.166. The fourth-order valence-electron chi connectivity index (χ4n) is 2.10. The molecule has 0 aliphatic heterocycles. The van der Waals surface area contributed by atoms with Crippen molar-refractivity contribution in [2.24, 2.45) is 0 Å². The van der Waals surface area contributed by atoms with E-state index >= 15 is 0 Å². The van der Waals surface area contributed by atoms with Crippen LogP contribution >= 0.6 is 0 Å². The predicted octanol–water partition coefficient (Wildman–Crippen LogP) is 2.56. The number of rotatable bonds is 2. The molecule has 90 valence electrons. The van der Waals surface area contributed by atoms with Crippen LogP contribution in [-0.2, 0) is 0 Å². The summed E-state index contributed by atoms with van der Waals surface area (Å²) in [6, 6.07) is 7.88. The van der Waals surface area contributed by atoms with E-state index in [0.717, 1.165) is 22.2 Å². The lowest BCUT2D eigenvalue weighted by atomic mass is 10.1. The predicted molar refractivity (Wildman–Crippen MR) is 67.6 cm³/mol. The third-order valence-electron chi connectivity index (χ3n) is 3.02. The van der Waals surface area contributed by atoms with Gasteiger partial charge in [0.05, 0.1) is 17.6 Å². The van der Waals surface area contributed by atoms with Gasteiger partial charge in [-0.3, -0.25) is 5.10 Å². The van der Waals surface area contributed by atoms with E-state index in [1.54, 1.807) is 0 Å². The van der Waals surface area contributed by atoms with Crippen molar-refractivity contribution in [2.45, 2.75) is 6.92 Å². The molecule has 0 atom stereocenters. The molecule has 0 amide bonds. The highest BCUT2D eigenvalue weighted by Gasteiger charge is 2.15. The molecule has 5 heteroatoms. The van der Waals surface area contributed by atoms with Crippen molar-refractivity contribution in [3.63, 3.8) is 0 Å². The summed E-state index contributed by atoms with van der Waals surface area (Å²) in [6.07, 6.45) is 1.32. The van der Waals surface area contributed by atoms with Crippen molar-refractivity contribution in [1.29, 1.82) is 0 Å². The number of hydrogen-bond acceptors (Lipinski definition) is 2. The summed E-state index contributed by atoms with van der Waals surface area (Å²) in [5.41, 5.74) is 3.52. The number of fused-ring (bicyclic) bond motifs is 1. The first-order valence-electron chi connectivity index (χ1n) is 5.52. The number of H-pyrrole nitrogens is 2. The molecule has 3 rings (SSSR count). The summed E-state index contributed by atoms with van der Waals surface area (Å²) in [6.45, 7) is 2.02. The lowest BCUT2D eigenvalue weighted by Crippen LogP contribution is -1.96. The number of carbonyl (C=O) groups is 1. The molecule has 0 radical (unpaired) electrons. The lowest BCUT2D eigenvalue weighted by molar-refractivity contribution is 0.0698. The number of aromatic amines is 2. The summed E-state index contributed by atoms with van der Waals surface area (Å²) in [5, 5.41) is 16.7. The normalized spacial score (nSPS) is 10.9. The average molecular weight is 241 g/mol. The number of aryl methyl sites for hydroxylation is 1. The van der Waals surface area contributed by atoms with E-state index in [4.69, 9.17) is 5.11 Å². The van der Waals surface area contributed by atoms with E-state index < -0.39 is 5.97 Å². The number of carboxylic acid groups (broad SMARTS) is 1. The lowest BCUT2D eigenvalue weighted by Gasteiger charge is -1.94. The zero-order valence-corrected chi connectivity index (χ0v) is 9.69. The van der Waals surface area contributed by atoms with E-state index in [2.05, 4.69) is 15.2 Å². The molecule has 0 unspecified atom stereocenters. The van der Waals surface area contributed by atoms with Gasteiger partial charge in [-0.15, -0.1) is 0 Å². The van der Waals surface area contributed by atoms with Gasteiger partial charge in [0.25, 0.3) is 0 Å². The Kier molecular flexibility index (Phi) is 2.19. The second kappa shape index (κ2) is 3.73. The molecule has 3 N–H and O–H groups in total. The Bertz CT molecular complexity index is 740. The Morgan fingerprint density at radius 1 is 1.39 bits per heavy atom. The Labute approximate surface area is 102 Å². The first-order chi connectivity index (χ1) is 8.66. The van der Waals surface area contributed by atoms with Gasteiger partial charge in [0, 0.05) is 10.9 Å². The Hall–Kier alpha value is -2.56. The molecule has 5 nitrogen and oxygen atoms in total. The summed E-state index contributed by atoms with van der Waals surface area (Å²) >= 11 is 0. The van der Waals surface area contributed by atoms with Crippen molar-refractivity contribution in [2.75, 3.05) is 0 Å². The Balaban J connectivity index is 2.23. The van der Waals surface area contributed by atoms with Crippen LogP contribution in [0.25, 0.3) is 22.3 Å². The number of nitrogens with one attached hydrogen (secondary N) is 2. The molecule has 0 spiro atoms. The molecule has 0 aliphatic rings. The van der Waals surface area contributed by atoms with Gasteiger partial charge in [0.2, 0.25) is 0 Å². The van der Waals surface area contributed by atoms with E-state index in [1.807, 2.05) is 31.2 Å². The van der Waals surface area contributed by atoms with Gasteiger partial charge in [-0.25, -0.2) is 4.79 Å². The van der Waals surface area contributed by atoms with Crippen LogP contribution in [0.15, 0.2) is 30.5 Å². The number of hydrogen-bond donors (Lipinski definition) is 3. The smallest absolute Gasteiger partial charge is 0.339 e. The zero-order chi connectivity index (χ0) is 12.7. The maximum absolute atomic E-state index is 11.1. The molecular weight excluding hydrogens is 230 g/mol. The van der Waals surface area contributed by atoms with Crippen molar-refractivity contribution in [3.05, 3.63) is 41.6 Å². The topological polar surface area (TPSA) is 81.8 Å². The van der Waals surface area contributed by atoms with Crippen LogP contribution in [0.2, 0.25) is 0 Å². The van der Waals surface area contributed by atoms with Gasteiger partial charge in [-0.1, -0.05) is 12.1 Å². The zero-order valence-electron chi connectivity index (χ0n) is 9.69. The molecule has 0 fully saturated rings. The number of nitrogens with zero attached hydrogens (tertiary/aromatic N) is 1. The second-order valence-corrected chi connectivity index (χ2v) is 4.18. The standard InChI is InChI=1S/C13H11N3O2/c1-7-3-2-4-10-8(7)5-11(15-10)12-9(13(17)18)6-14-16-12/h2-6,15H,1H3,(H,14,16)(H,17,18).